The molecule has 2 N–H and O–H groups in total. The molecular weight excluding hydrogens is 406 g/mol. The third-order valence-corrected chi connectivity index (χ3v) is 5.81. The number of urea groups is 1. The molecule has 162 valence electrons. The number of amides is 2. The molecule has 0 saturated heterocycles. The van der Waals surface area contributed by atoms with Gasteiger partial charge in [0.2, 0.25) is 0 Å². The second-order valence-electron chi connectivity index (χ2n) is 7.85. The molecule has 0 radical (unpaired) electrons. The molecule has 5 rings (SSSR count). The second kappa shape index (κ2) is 7.88. The predicted octanol–water partition coefficient (Wildman–Crippen LogP) is 3.60. The molecule has 0 spiro atoms. The molecule has 2 aromatic carbocycles. The van der Waals surface area contributed by atoms with Gasteiger partial charge in [-0.05, 0) is 36.2 Å². The minimum Gasteiger partial charge on any atom is -0.497 e. The van der Waals surface area contributed by atoms with Gasteiger partial charge in [-0.3, -0.25) is 9.89 Å². The van der Waals surface area contributed by atoms with E-state index in [1.165, 1.54) is 4.52 Å². The Labute approximate surface area is 184 Å². The van der Waals surface area contributed by atoms with Crippen LogP contribution in [-0.4, -0.2) is 39.2 Å². The summed E-state index contributed by atoms with van der Waals surface area (Å²) in [6.45, 7) is 2.61. The lowest BCUT2D eigenvalue weighted by molar-refractivity contribution is 0.205. The zero-order valence-electron chi connectivity index (χ0n) is 17.9. The highest BCUT2D eigenvalue weighted by Gasteiger charge is 2.26. The van der Waals surface area contributed by atoms with Gasteiger partial charge < -0.3 is 15.0 Å². The molecule has 2 aromatic heterocycles. The number of nitrogens with one attached hydrogen (secondary N) is 2. The van der Waals surface area contributed by atoms with Crippen molar-refractivity contribution < 1.29 is 9.53 Å². The summed E-state index contributed by atoms with van der Waals surface area (Å²) in [5, 5.41) is 6.08. The fraction of sp³-hybridized carbons (Fsp3) is 0.208. The van der Waals surface area contributed by atoms with Crippen LogP contribution in [0.4, 0.5) is 10.5 Å². The number of hydrogen-bond acceptors (Lipinski definition) is 4. The average Bonchev–Trinajstić information content (AvgIpc) is 3.25. The minimum atomic E-state index is -0.245. The van der Waals surface area contributed by atoms with Crippen molar-refractivity contribution in [1.29, 1.82) is 0 Å². The maximum atomic E-state index is 13.2. The summed E-state index contributed by atoms with van der Waals surface area (Å²) in [5.74, 6) is 0.733. The lowest BCUT2D eigenvalue weighted by atomic mass is 10.1. The Balaban J connectivity index is 1.41. The van der Waals surface area contributed by atoms with E-state index in [9.17, 15) is 9.59 Å². The molecule has 1 aliphatic rings. The molecule has 8 nitrogen and oxygen atoms in total. The lowest BCUT2D eigenvalue weighted by Gasteiger charge is -2.28. The minimum absolute atomic E-state index is 0.176. The number of aromatic nitrogens is 3. The van der Waals surface area contributed by atoms with E-state index in [-0.39, 0.29) is 18.1 Å². The van der Waals surface area contributed by atoms with Crippen LogP contribution in [0.5, 0.6) is 5.75 Å². The number of nitrogens with zero attached hydrogens (tertiary/aromatic N) is 3. The first-order chi connectivity index (χ1) is 15.5. The van der Waals surface area contributed by atoms with Crippen LogP contribution in [-0.2, 0) is 13.0 Å². The van der Waals surface area contributed by atoms with Crippen LogP contribution in [0.2, 0.25) is 0 Å². The van der Waals surface area contributed by atoms with E-state index >= 15 is 0 Å². The fourth-order valence-electron chi connectivity index (χ4n) is 4.02. The van der Waals surface area contributed by atoms with Crippen LogP contribution in [0.15, 0.2) is 59.4 Å². The lowest BCUT2D eigenvalue weighted by Crippen LogP contribution is -2.42. The van der Waals surface area contributed by atoms with Gasteiger partial charge in [0.15, 0.2) is 5.65 Å². The van der Waals surface area contributed by atoms with Crippen LogP contribution in [0, 0.1) is 6.92 Å². The molecule has 0 aliphatic carbocycles. The molecule has 0 unspecified atom stereocenters. The van der Waals surface area contributed by atoms with Crippen molar-refractivity contribution >= 4 is 17.4 Å². The van der Waals surface area contributed by atoms with E-state index in [2.05, 4.69) is 10.4 Å². The van der Waals surface area contributed by atoms with Crippen LogP contribution < -0.4 is 15.6 Å². The molecule has 0 saturated carbocycles. The maximum absolute atomic E-state index is 13.2. The Kier molecular flexibility index (Phi) is 4.89. The molecular formula is C24H23N5O3. The van der Waals surface area contributed by atoms with Crippen molar-refractivity contribution in [2.75, 3.05) is 19.0 Å². The standard InChI is InChI=1S/C24H23N5O3/c1-15-12-17(32-2)8-9-19(15)26-24(31)28-11-10-20-18(14-28)23(30)29-22(25-20)13-21(27-29)16-6-4-3-5-7-16/h3-9,12-13,27H,10-11,14H2,1-2H3,(H,26,31). The Morgan fingerprint density at radius 1 is 1.16 bits per heavy atom. The first-order valence-electron chi connectivity index (χ1n) is 10.4. The van der Waals surface area contributed by atoms with Crippen molar-refractivity contribution in [3.05, 3.63) is 81.8 Å². The average molecular weight is 429 g/mol. The van der Waals surface area contributed by atoms with E-state index in [4.69, 9.17) is 9.72 Å². The van der Waals surface area contributed by atoms with Gasteiger partial charge in [0.1, 0.15) is 5.75 Å². The quantitative estimate of drug-likeness (QED) is 0.521. The highest BCUT2D eigenvalue weighted by atomic mass is 16.5. The molecule has 2 amide bonds. The largest absolute Gasteiger partial charge is 0.497 e. The summed E-state index contributed by atoms with van der Waals surface area (Å²) in [4.78, 5) is 32.4. The third-order valence-electron chi connectivity index (χ3n) is 5.81. The number of methoxy groups -OCH3 is 1. The smallest absolute Gasteiger partial charge is 0.322 e. The van der Waals surface area contributed by atoms with Crippen molar-refractivity contribution in [2.24, 2.45) is 0 Å². The number of H-pyrrole nitrogens is 1. The normalized spacial score (nSPS) is 13.1. The van der Waals surface area contributed by atoms with E-state index in [1.54, 1.807) is 18.1 Å². The molecule has 0 bridgehead atoms. The molecule has 0 fully saturated rings. The number of carbonyl (C=O) groups excluding carboxylic acids is 1. The van der Waals surface area contributed by atoms with Gasteiger partial charge in [-0.15, -0.1) is 0 Å². The zero-order valence-corrected chi connectivity index (χ0v) is 17.9. The van der Waals surface area contributed by atoms with Gasteiger partial charge in [-0.25, -0.2) is 14.3 Å². The molecule has 32 heavy (non-hydrogen) atoms. The number of aryl methyl sites for hydroxylation is 1. The maximum Gasteiger partial charge on any atom is 0.322 e. The van der Waals surface area contributed by atoms with Crippen molar-refractivity contribution in [2.45, 2.75) is 19.9 Å². The van der Waals surface area contributed by atoms with Crippen molar-refractivity contribution in [3.63, 3.8) is 0 Å². The van der Waals surface area contributed by atoms with E-state index in [0.717, 1.165) is 28.3 Å². The summed E-state index contributed by atoms with van der Waals surface area (Å²) in [7, 11) is 1.61. The van der Waals surface area contributed by atoms with E-state index < -0.39 is 0 Å². The molecule has 3 heterocycles. The van der Waals surface area contributed by atoms with Crippen molar-refractivity contribution in [3.8, 4) is 17.0 Å². The van der Waals surface area contributed by atoms with Gasteiger partial charge in [0.25, 0.3) is 5.56 Å². The van der Waals surface area contributed by atoms with Crippen LogP contribution in [0.3, 0.4) is 0 Å². The monoisotopic (exact) mass is 429 g/mol. The number of hydrogen-bond donors (Lipinski definition) is 2. The van der Waals surface area contributed by atoms with E-state index in [1.807, 2.05) is 55.5 Å². The Bertz CT molecular complexity index is 1370. The number of benzene rings is 2. The summed E-state index contributed by atoms with van der Waals surface area (Å²) in [5.41, 5.74) is 5.11. The van der Waals surface area contributed by atoms with Crippen LogP contribution in [0.25, 0.3) is 16.9 Å². The highest BCUT2D eigenvalue weighted by molar-refractivity contribution is 5.90. The molecule has 1 aliphatic heterocycles. The zero-order chi connectivity index (χ0) is 22.2. The summed E-state index contributed by atoms with van der Waals surface area (Å²) in [6.07, 6.45) is 0.530. The number of fused-ring (bicyclic) bond motifs is 2. The summed E-state index contributed by atoms with van der Waals surface area (Å²) in [6, 6.07) is 16.9. The number of ether oxygens (including phenoxy) is 1. The van der Waals surface area contributed by atoms with E-state index in [0.29, 0.717) is 29.9 Å². The predicted molar refractivity (Wildman–Crippen MR) is 122 cm³/mol. The Morgan fingerprint density at radius 2 is 1.97 bits per heavy atom. The molecule has 4 aromatic rings. The number of aromatic amines is 1. The third kappa shape index (κ3) is 3.49. The van der Waals surface area contributed by atoms with Gasteiger partial charge >= 0.3 is 6.03 Å². The van der Waals surface area contributed by atoms with Crippen LogP contribution in [0.1, 0.15) is 16.8 Å². The number of carbonyl (C=O) groups is 1. The highest BCUT2D eigenvalue weighted by Crippen LogP contribution is 2.23. The fourth-order valence-corrected chi connectivity index (χ4v) is 4.02. The summed E-state index contributed by atoms with van der Waals surface area (Å²) >= 11 is 0. The topological polar surface area (TPSA) is 91.7 Å². The van der Waals surface area contributed by atoms with Gasteiger partial charge in [-0.1, -0.05) is 30.3 Å². The summed E-state index contributed by atoms with van der Waals surface area (Å²) < 4.78 is 6.67. The molecule has 0 atom stereocenters. The van der Waals surface area contributed by atoms with Gasteiger partial charge in [0.05, 0.1) is 30.6 Å². The Hall–Kier alpha value is -4.07. The first kappa shape index (κ1) is 19.9. The first-order valence-corrected chi connectivity index (χ1v) is 10.4. The second-order valence-corrected chi connectivity index (χ2v) is 7.85. The van der Waals surface area contributed by atoms with Gasteiger partial charge in [-0.2, -0.15) is 0 Å². The van der Waals surface area contributed by atoms with Gasteiger partial charge in [0, 0.05) is 24.7 Å². The Morgan fingerprint density at radius 3 is 2.72 bits per heavy atom. The molecule has 8 heteroatoms. The van der Waals surface area contributed by atoms with Crippen LogP contribution >= 0.6 is 0 Å². The van der Waals surface area contributed by atoms with Crippen molar-refractivity contribution in [1.82, 2.24) is 19.5 Å². The number of rotatable bonds is 3. The number of anilines is 1. The SMILES string of the molecule is COc1ccc(NC(=O)N2CCc3nc4cc(-c5ccccc5)[nH]n4c(=O)c3C2)c(C)c1.